The first-order chi connectivity index (χ1) is 13.1. The van der Waals surface area contributed by atoms with E-state index in [2.05, 4.69) is 9.97 Å². The van der Waals surface area contributed by atoms with E-state index in [4.69, 9.17) is 4.74 Å². The zero-order chi connectivity index (χ0) is 18.8. The van der Waals surface area contributed by atoms with Crippen LogP contribution >= 0.6 is 0 Å². The summed E-state index contributed by atoms with van der Waals surface area (Å²) >= 11 is 0. The minimum atomic E-state index is -0.476. The SMILES string of the molecule is O=c1[nH]c(-c2ccc(F)cc2OCc2ccc(F)cc2)nc2ccccc12. The van der Waals surface area contributed by atoms with E-state index in [9.17, 15) is 13.6 Å². The van der Waals surface area contributed by atoms with Crippen molar-refractivity contribution < 1.29 is 13.5 Å². The van der Waals surface area contributed by atoms with Gasteiger partial charge in [0, 0.05) is 6.07 Å². The number of rotatable bonds is 4. The normalized spacial score (nSPS) is 10.9. The summed E-state index contributed by atoms with van der Waals surface area (Å²) < 4.78 is 32.5. The van der Waals surface area contributed by atoms with Gasteiger partial charge in [0.2, 0.25) is 0 Å². The average molecular weight is 364 g/mol. The molecule has 0 amide bonds. The molecule has 1 N–H and O–H groups in total. The number of nitrogens with zero attached hydrogens (tertiary/aromatic N) is 1. The predicted molar refractivity (Wildman–Crippen MR) is 98.5 cm³/mol. The Kier molecular flexibility index (Phi) is 4.38. The third-order valence-corrected chi connectivity index (χ3v) is 4.12. The van der Waals surface area contributed by atoms with E-state index < -0.39 is 5.82 Å². The molecular weight excluding hydrogens is 350 g/mol. The van der Waals surface area contributed by atoms with E-state index in [0.29, 0.717) is 16.5 Å². The molecule has 0 spiro atoms. The Morgan fingerprint density at radius 3 is 2.48 bits per heavy atom. The van der Waals surface area contributed by atoms with E-state index in [1.54, 1.807) is 36.4 Å². The van der Waals surface area contributed by atoms with Crippen LogP contribution in [0.3, 0.4) is 0 Å². The standard InChI is InChI=1S/C21H14F2N2O2/c22-14-7-5-13(6-8-14)12-27-19-11-15(23)9-10-17(19)20-24-18-4-2-1-3-16(18)21(26)25-20/h1-11H,12H2,(H,24,25,26). The van der Waals surface area contributed by atoms with Crippen molar-refractivity contribution in [3.8, 4) is 17.1 Å². The lowest BCUT2D eigenvalue weighted by Gasteiger charge is -2.12. The highest BCUT2D eigenvalue weighted by Crippen LogP contribution is 2.29. The van der Waals surface area contributed by atoms with E-state index in [1.807, 2.05) is 0 Å². The minimum absolute atomic E-state index is 0.120. The molecule has 0 bridgehead atoms. The van der Waals surface area contributed by atoms with Crippen molar-refractivity contribution in [2.24, 2.45) is 0 Å². The van der Waals surface area contributed by atoms with Crippen molar-refractivity contribution in [1.29, 1.82) is 0 Å². The third kappa shape index (κ3) is 3.55. The smallest absolute Gasteiger partial charge is 0.259 e. The number of hydrogen-bond acceptors (Lipinski definition) is 3. The molecule has 0 fully saturated rings. The molecule has 0 aliphatic carbocycles. The molecule has 1 aromatic heterocycles. The Morgan fingerprint density at radius 2 is 1.67 bits per heavy atom. The molecular formula is C21H14F2N2O2. The summed E-state index contributed by atoms with van der Waals surface area (Å²) in [6.45, 7) is 0.120. The Morgan fingerprint density at radius 1 is 0.926 bits per heavy atom. The van der Waals surface area contributed by atoms with E-state index in [1.165, 1.54) is 30.3 Å². The van der Waals surface area contributed by atoms with E-state index in [-0.39, 0.29) is 29.6 Å². The summed E-state index contributed by atoms with van der Waals surface area (Å²) in [7, 11) is 0. The molecule has 0 saturated heterocycles. The van der Waals surface area contributed by atoms with Crippen LogP contribution < -0.4 is 10.3 Å². The Bertz CT molecular complexity index is 1170. The largest absolute Gasteiger partial charge is 0.488 e. The number of fused-ring (bicyclic) bond motifs is 1. The van der Waals surface area contributed by atoms with Crippen LogP contribution in [-0.2, 0) is 6.61 Å². The predicted octanol–water partition coefficient (Wildman–Crippen LogP) is 4.45. The van der Waals surface area contributed by atoms with Gasteiger partial charge in [-0.3, -0.25) is 4.79 Å². The van der Waals surface area contributed by atoms with Crippen LogP contribution in [0.5, 0.6) is 5.75 Å². The maximum Gasteiger partial charge on any atom is 0.259 e. The summed E-state index contributed by atoms with van der Waals surface area (Å²) in [5.74, 6) is -0.301. The van der Waals surface area contributed by atoms with Crippen LogP contribution in [0.4, 0.5) is 8.78 Å². The highest BCUT2D eigenvalue weighted by Gasteiger charge is 2.12. The molecule has 3 aromatic carbocycles. The number of halogens is 2. The number of benzene rings is 3. The van der Waals surface area contributed by atoms with Gasteiger partial charge in [-0.15, -0.1) is 0 Å². The second kappa shape index (κ2) is 6.99. The number of hydrogen-bond donors (Lipinski definition) is 1. The fourth-order valence-corrected chi connectivity index (χ4v) is 2.77. The first-order valence-corrected chi connectivity index (χ1v) is 8.26. The summed E-state index contributed by atoms with van der Waals surface area (Å²) in [5.41, 5.74) is 1.43. The number of ether oxygens (including phenoxy) is 1. The Balaban J connectivity index is 1.73. The van der Waals surface area contributed by atoms with Gasteiger partial charge in [0.05, 0.1) is 16.5 Å². The van der Waals surface area contributed by atoms with Gasteiger partial charge >= 0.3 is 0 Å². The number of nitrogens with one attached hydrogen (secondary N) is 1. The topological polar surface area (TPSA) is 55.0 Å². The van der Waals surface area contributed by atoms with Gasteiger partial charge in [-0.2, -0.15) is 0 Å². The van der Waals surface area contributed by atoms with Gasteiger partial charge in [-0.25, -0.2) is 13.8 Å². The highest BCUT2D eigenvalue weighted by molar-refractivity contribution is 5.80. The molecule has 134 valence electrons. The Labute approximate surface area is 153 Å². The van der Waals surface area contributed by atoms with Crippen LogP contribution in [0.25, 0.3) is 22.3 Å². The number of aromatic nitrogens is 2. The number of aromatic amines is 1. The first kappa shape index (κ1) is 16.9. The monoisotopic (exact) mass is 364 g/mol. The highest BCUT2D eigenvalue weighted by atomic mass is 19.1. The van der Waals surface area contributed by atoms with Gasteiger partial charge < -0.3 is 9.72 Å². The molecule has 0 unspecified atom stereocenters. The van der Waals surface area contributed by atoms with Crippen LogP contribution in [0.1, 0.15) is 5.56 Å². The van der Waals surface area contributed by atoms with Crippen molar-refractivity contribution in [2.75, 3.05) is 0 Å². The molecule has 27 heavy (non-hydrogen) atoms. The zero-order valence-corrected chi connectivity index (χ0v) is 14.1. The minimum Gasteiger partial charge on any atom is -0.488 e. The molecule has 1 heterocycles. The molecule has 0 saturated carbocycles. The molecule has 4 aromatic rings. The molecule has 0 radical (unpaired) electrons. The second-order valence-electron chi connectivity index (χ2n) is 5.99. The van der Waals surface area contributed by atoms with Gasteiger partial charge in [0.15, 0.2) is 0 Å². The fraction of sp³-hybridized carbons (Fsp3) is 0.0476. The molecule has 4 rings (SSSR count). The number of H-pyrrole nitrogens is 1. The van der Waals surface area contributed by atoms with Crippen molar-refractivity contribution in [1.82, 2.24) is 9.97 Å². The fourth-order valence-electron chi connectivity index (χ4n) is 2.77. The van der Waals surface area contributed by atoms with Crippen LogP contribution in [-0.4, -0.2) is 9.97 Å². The summed E-state index contributed by atoms with van der Waals surface area (Å²) in [5, 5.41) is 0.470. The van der Waals surface area contributed by atoms with Gasteiger partial charge in [0.25, 0.3) is 5.56 Å². The molecule has 4 nitrogen and oxygen atoms in total. The van der Waals surface area contributed by atoms with Gasteiger partial charge in [0.1, 0.15) is 29.8 Å². The summed E-state index contributed by atoms with van der Waals surface area (Å²) in [6, 6.07) is 16.8. The van der Waals surface area contributed by atoms with Crippen molar-refractivity contribution >= 4 is 10.9 Å². The van der Waals surface area contributed by atoms with Gasteiger partial charge in [-0.05, 0) is 42.0 Å². The van der Waals surface area contributed by atoms with E-state index in [0.717, 1.165) is 5.56 Å². The number of para-hydroxylation sites is 1. The maximum atomic E-state index is 13.8. The maximum absolute atomic E-state index is 13.8. The van der Waals surface area contributed by atoms with Gasteiger partial charge in [-0.1, -0.05) is 24.3 Å². The van der Waals surface area contributed by atoms with Crippen LogP contribution in [0.2, 0.25) is 0 Å². The van der Waals surface area contributed by atoms with Crippen LogP contribution in [0, 0.1) is 11.6 Å². The summed E-state index contributed by atoms with van der Waals surface area (Å²) in [4.78, 5) is 19.5. The van der Waals surface area contributed by atoms with E-state index >= 15 is 0 Å². The van der Waals surface area contributed by atoms with Crippen molar-refractivity contribution in [3.63, 3.8) is 0 Å². The lowest BCUT2D eigenvalue weighted by molar-refractivity contribution is 0.305. The second-order valence-corrected chi connectivity index (χ2v) is 5.99. The zero-order valence-electron chi connectivity index (χ0n) is 14.1. The first-order valence-electron chi connectivity index (χ1n) is 8.26. The molecule has 0 aliphatic heterocycles. The third-order valence-electron chi connectivity index (χ3n) is 4.12. The van der Waals surface area contributed by atoms with Crippen molar-refractivity contribution in [2.45, 2.75) is 6.61 Å². The molecule has 6 heteroatoms. The average Bonchev–Trinajstić information content (AvgIpc) is 2.67. The quantitative estimate of drug-likeness (QED) is 0.582. The summed E-state index contributed by atoms with van der Waals surface area (Å²) in [6.07, 6.45) is 0. The lowest BCUT2D eigenvalue weighted by atomic mass is 10.1. The Hall–Kier alpha value is -3.54. The van der Waals surface area contributed by atoms with Crippen molar-refractivity contribution in [3.05, 3.63) is 94.3 Å². The molecule has 0 atom stereocenters. The lowest BCUT2D eigenvalue weighted by Crippen LogP contribution is -2.10. The molecule has 0 aliphatic rings. The van der Waals surface area contributed by atoms with Crippen LogP contribution in [0.15, 0.2) is 71.5 Å².